The molecule has 0 atom stereocenters. The number of aromatic nitrogens is 1. The van der Waals surface area contributed by atoms with Crippen molar-refractivity contribution in [2.45, 2.75) is 13.5 Å². The minimum absolute atomic E-state index is 0.119. The maximum absolute atomic E-state index is 10.7. The van der Waals surface area contributed by atoms with Crippen LogP contribution in [-0.2, 0) is 11.3 Å². The topological polar surface area (TPSA) is 57.3 Å². The Balaban J connectivity index is 2.30. The smallest absolute Gasteiger partial charge is 0.271 e. The standard InChI is InChI=1S/C12H14N2O3/c1-2-17-8-7-13-6-5-10-3-4-11(14(15)16)9-12(10)13/h3-6,9H,2,7-8H2,1H3. The Bertz CT molecular complexity index is 534. The van der Waals surface area contributed by atoms with Gasteiger partial charge >= 0.3 is 0 Å². The zero-order valence-electron chi connectivity index (χ0n) is 9.63. The zero-order chi connectivity index (χ0) is 12.3. The summed E-state index contributed by atoms with van der Waals surface area (Å²) >= 11 is 0. The van der Waals surface area contributed by atoms with Crippen LogP contribution in [0.3, 0.4) is 0 Å². The number of nitro benzene ring substituents is 1. The molecule has 0 fully saturated rings. The van der Waals surface area contributed by atoms with Gasteiger partial charge in [0.25, 0.3) is 5.69 Å². The van der Waals surface area contributed by atoms with Gasteiger partial charge in [-0.3, -0.25) is 10.1 Å². The molecule has 1 heterocycles. The third kappa shape index (κ3) is 2.45. The quantitative estimate of drug-likeness (QED) is 0.454. The Morgan fingerprint density at radius 3 is 2.94 bits per heavy atom. The summed E-state index contributed by atoms with van der Waals surface area (Å²) in [6, 6.07) is 6.84. The summed E-state index contributed by atoms with van der Waals surface area (Å²) in [6.45, 7) is 3.94. The molecule has 0 radical (unpaired) electrons. The van der Waals surface area contributed by atoms with Gasteiger partial charge in [-0.15, -0.1) is 0 Å². The molecule has 0 saturated heterocycles. The zero-order valence-corrected chi connectivity index (χ0v) is 9.63. The first-order valence-corrected chi connectivity index (χ1v) is 5.53. The molecule has 90 valence electrons. The van der Waals surface area contributed by atoms with Gasteiger partial charge in [0, 0.05) is 36.9 Å². The third-order valence-electron chi connectivity index (χ3n) is 2.65. The van der Waals surface area contributed by atoms with Gasteiger partial charge in [-0.25, -0.2) is 0 Å². The van der Waals surface area contributed by atoms with E-state index in [4.69, 9.17) is 4.74 Å². The van der Waals surface area contributed by atoms with E-state index in [1.807, 2.05) is 23.8 Å². The van der Waals surface area contributed by atoms with Crippen molar-refractivity contribution in [3.63, 3.8) is 0 Å². The van der Waals surface area contributed by atoms with Crippen molar-refractivity contribution in [3.05, 3.63) is 40.6 Å². The van der Waals surface area contributed by atoms with Crippen molar-refractivity contribution in [1.82, 2.24) is 4.57 Å². The van der Waals surface area contributed by atoms with Gasteiger partial charge in [0.2, 0.25) is 0 Å². The molecular formula is C12H14N2O3. The number of hydrogen-bond acceptors (Lipinski definition) is 3. The Kier molecular flexibility index (Phi) is 3.39. The lowest BCUT2D eigenvalue weighted by Crippen LogP contribution is -2.04. The highest BCUT2D eigenvalue weighted by Crippen LogP contribution is 2.21. The molecular weight excluding hydrogens is 220 g/mol. The Hall–Kier alpha value is -1.88. The molecule has 2 rings (SSSR count). The number of nitrogens with zero attached hydrogens (tertiary/aromatic N) is 2. The van der Waals surface area contributed by atoms with Crippen molar-refractivity contribution in [2.75, 3.05) is 13.2 Å². The summed E-state index contributed by atoms with van der Waals surface area (Å²) in [5, 5.41) is 11.7. The molecule has 0 bridgehead atoms. The van der Waals surface area contributed by atoms with Gasteiger partial charge in [0.15, 0.2) is 0 Å². The highest BCUT2D eigenvalue weighted by atomic mass is 16.6. The SMILES string of the molecule is CCOCCn1ccc2ccc([N+](=O)[O-])cc21. The van der Waals surface area contributed by atoms with Gasteiger partial charge in [0.1, 0.15) is 0 Å². The number of nitro groups is 1. The van der Waals surface area contributed by atoms with E-state index >= 15 is 0 Å². The predicted molar refractivity (Wildman–Crippen MR) is 65.1 cm³/mol. The number of ether oxygens (including phenoxy) is 1. The number of hydrogen-bond donors (Lipinski definition) is 0. The number of rotatable bonds is 5. The van der Waals surface area contributed by atoms with Crippen molar-refractivity contribution >= 4 is 16.6 Å². The fourth-order valence-electron chi connectivity index (χ4n) is 1.79. The molecule has 0 saturated carbocycles. The van der Waals surface area contributed by atoms with E-state index in [2.05, 4.69) is 0 Å². The fraction of sp³-hybridized carbons (Fsp3) is 0.333. The average molecular weight is 234 g/mol. The van der Waals surface area contributed by atoms with E-state index in [1.54, 1.807) is 12.1 Å². The van der Waals surface area contributed by atoms with Gasteiger partial charge in [0.05, 0.1) is 17.0 Å². The van der Waals surface area contributed by atoms with Crippen molar-refractivity contribution in [3.8, 4) is 0 Å². The maximum atomic E-state index is 10.7. The summed E-state index contributed by atoms with van der Waals surface area (Å²) in [4.78, 5) is 10.3. The van der Waals surface area contributed by atoms with E-state index in [1.165, 1.54) is 6.07 Å². The monoisotopic (exact) mass is 234 g/mol. The van der Waals surface area contributed by atoms with Crippen LogP contribution in [0, 0.1) is 10.1 Å². The van der Waals surface area contributed by atoms with Crippen LogP contribution < -0.4 is 0 Å². The summed E-state index contributed by atoms with van der Waals surface area (Å²) in [7, 11) is 0. The van der Waals surface area contributed by atoms with Crippen LogP contribution in [0.15, 0.2) is 30.5 Å². The second-order valence-electron chi connectivity index (χ2n) is 3.71. The molecule has 5 nitrogen and oxygen atoms in total. The normalized spacial score (nSPS) is 10.9. The van der Waals surface area contributed by atoms with Crippen molar-refractivity contribution in [2.24, 2.45) is 0 Å². The Labute approximate surface area is 98.8 Å². The second-order valence-corrected chi connectivity index (χ2v) is 3.71. The van der Waals surface area contributed by atoms with E-state index in [0.29, 0.717) is 19.8 Å². The minimum atomic E-state index is -0.376. The summed E-state index contributed by atoms with van der Waals surface area (Å²) in [5.74, 6) is 0. The molecule has 0 N–H and O–H groups in total. The van der Waals surface area contributed by atoms with Crippen LogP contribution in [0.2, 0.25) is 0 Å². The van der Waals surface area contributed by atoms with E-state index in [-0.39, 0.29) is 10.6 Å². The lowest BCUT2D eigenvalue weighted by molar-refractivity contribution is -0.384. The van der Waals surface area contributed by atoms with Gasteiger partial charge in [-0.05, 0) is 19.1 Å². The fourth-order valence-corrected chi connectivity index (χ4v) is 1.79. The number of fused-ring (bicyclic) bond motifs is 1. The summed E-state index contributed by atoms with van der Waals surface area (Å²) in [6.07, 6.45) is 1.92. The van der Waals surface area contributed by atoms with E-state index < -0.39 is 0 Å². The molecule has 0 amide bonds. The predicted octanol–water partition coefficient (Wildman–Crippen LogP) is 2.59. The summed E-state index contributed by atoms with van der Waals surface area (Å²) < 4.78 is 7.25. The van der Waals surface area contributed by atoms with Crippen LogP contribution >= 0.6 is 0 Å². The summed E-state index contributed by atoms with van der Waals surface area (Å²) in [5.41, 5.74) is 0.993. The average Bonchev–Trinajstić information content (AvgIpc) is 2.72. The lowest BCUT2D eigenvalue weighted by Gasteiger charge is -2.05. The van der Waals surface area contributed by atoms with Gasteiger partial charge in [-0.1, -0.05) is 0 Å². The van der Waals surface area contributed by atoms with E-state index in [9.17, 15) is 10.1 Å². The van der Waals surface area contributed by atoms with Crippen LogP contribution in [0.5, 0.6) is 0 Å². The van der Waals surface area contributed by atoms with Crippen LogP contribution in [0.4, 0.5) is 5.69 Å². The molecule has 0 unspecified atom stereocenters. The van der Waals surface area contributed by atoms with Crippen LogP contribution in [-0.4, -0.2) is 22.7 Å². The lowest BCUT2D eigenvalue weighted by atomic mass is 10.2. The first-order chi connectivity index (χ1) is 8.22. The molecule has 0 aliphatic carbocycles. The molecule has 0 aliphatic rings. The third-order valence-corrected chi connectivity index (χ3v) is 2.65. The molecule has 1 aromatic carbocycles. The Morgan fingerprint density at radius 2 is 2.24 bits per heavy atom. The minimum Gasteiger partial charge on any atom is -0.380 e. The molecule has 2 aromatic rings. The van der Waals surface area contributed by atoms with Gasteiger partial charge in [-0.2, -0.15) is 0 Å². The second kappa shape index (κ2) is 4.97. The van der Waals surface area contributed by atoms with Crippen LogP contribution in [0.25, 0.3) is 10.9 Å². The first-order valence-electron chi connectivity index (χ1n) is 5.53. The maximum Gasteiger partial charge on any atom is 0.271 e. The van der Waals surface area contributed by atoms with Crippen molar-refractivity contribution < 1.29 is 9.66 Å². The molecule has 0 aliphatic heterocycles. The molecule has 0 spiro atoms. The van der Waals surface area contributed by atoms with Crippen molar-refractivity contribution in [1.29, 1.82) is 0 Å². The van der Waals surface area contributed by atoms with Gasteiger partial charge < -0.3 is 9.30 Å². The van der Waals surface area contributed by atoms with Crippen LogP contribution in [0.1, 0.15) is 6.92 Å². The largest absolute Gasteiger partial charge is 0.380 e. The number of benzene rings is 1. The molecule has 17 heavy (non-hydrogen) atoms. The Morgan fingerprint density at radius 1 is 1.41 bits per heavy atom. The van der Waals surface area contributed by atoms with E-state index in [0.717, 1.165) is 10.9 Å². The highest BCUT2D eigenvalue weighted by Gasteiger charge is 2.08. The number of non-ortho nitro benzene ring substituents is 1. The highest BCUT2D eigenvalue weighted by molar-refractivity contribution is 5.82. The first kappa shape index (κ1) is 11.6. The molecule has 1 aromatic heterocycles. The molecule has 5 heteroatoms.